The topological polar surface area (TPSA) is 59.0 Å². The zero-order valence-corrected chi connectivity index (χ0v) is 13.4. The Balaban J connectivity index is 0.00000242. The molecule has 0 unspecified atom stereocenters. The van der Waals surface area contributed by atoms with Crippen LogP contribution in [0, 0.1) is 5.92 Å². The smallest absolute Gasteiger partial charge is 0.352 e. The molecular formula is C13H20ClF3N4O. The van der Waals surface area contributed by atoms with Gasteiger partial charge in [0, 0.05) is 25.6 Å². The maximum Gasteiger partial charge on any atom is 0.433 e. The van der Waals surface area contributed by atoms with Gasteiger partial charge in [-0.05, 0) is 20.8 Å². The van der Waals surface area contributed by atoms with Crippen LogP contribution in [0.4, 0.5) is 13.2 Å². The van der Waals surface area contributed by atoms with Crippen LogP contribution in [-0.4, -0.2) is 35.3 Å². The summed E-state index contributed by atoms with van der Waals surface area (Å²) in [7, 11) is 0. The lowest BCUT2D eigenvalue weighted by atomic mass is 10.0. The molecule has 9 heteroatoms. The van der Waals surface area contributed by atoms with Crippen LogP contribution in [-0.2, 0) is 11.7 Å². The van der Waals surface area contributed by atoms with Crippen LogP contribution in [0.5, 0.6) is 0 Å². The molecule has 5 nitrogen and oxygen atoms in total. The molecule has 0 aliphatic carbocycles. The predicted octanol–water partition coefficient (Wildman–Crippen LogP) is 2.03. The summed E-state index contributed by atoms with van der Waals surface area (Å²) in [6.45, 7) is 6.73. The van der Waals surface area contributed by atoms with Gasteiger partial charge in [0.2, 0.25) is 0 Å². The quantitative estimate of drug-likeness (QED) is 0.885. The van der Waals surface area contributed by atoms with Gasteiger partial charge < -0.3 is 10.6 Å². The fraction of sp³-hybridized carbons (Fsp3) is 0.692. The summed E-state index contributed by atoms with van der Waals surface area (Å²) in [6.07, 6.45) is -3.64. The van der Waals surface area contributed by atoms with E-state index in [9.17, 15) is 18.0 Å². The van der Waals surface area contributed by atoms with Crippen LogP contribution in [0.2, 0.25) is 0 Å². The van der Waals surface area contributed by atoms with Crippen molar-refractivity contribution in [2.24, 2.45) is 5.92 Å². The van der Waals surface area contributed by atoms with E-state index in [0.29, 0.717) is 6.54 Å². The highest BCUT2D eigenvalue weighted by Gasteiger charge is 2.42. The van der Waals surface area contributed by atoms with Crippen molar-refractivity contribution in [1.29, 1.82) is 0 Å². The van der Waals surface area contributed by atoms with Gasteiger partial charge in [0.15, 0.2) is 5.69 Å². The van der Waals surface area contributed by atoms with E-state index in [-0.39, 0.29) is 18.3 Å². The van der Waals surface area contributed by atoms with Crippen LogP contribution in [0.1, 0.15) is 36.8 Å². The maximum atomic E-state index is 13.3. The van der Waals surface area contributed by atoms with E-state index < -0.39 is 28.9 Å². The number of aromatic nitrogens is 2. The van der Waals surface area contributed by atoms with E-state index in [1.807, 2.05) is 0 Å². The minimum Gasteiger partial charge on any atom is -0.352 e. The lowest BCUT2D eigenvalue weighted by Crippen LogP contribution is -2.48. The summed E-state index contributed by atoms with van der Waals surface area (Å²) in [5, 5.41) is 9.34. The molecule has 2 rings (SSSR count). The molecule has 1 fully saturated rings. The van der Waals surface area contributed by atoms with E-state index in [2.05, 4.69) is 15.7 Å². The summed E-state index contributed by atoms with van der Waals surface area (Å²) in [6, 6.07) is 0. The largest absolute Gasteiger partial charge is 0.433 e. The van der Waals surface area contributed by atoms with E-state index in [0.717, 1.165) is 24.0 Å². The van der Waals surface area contributed by atoms with Gasteiger partial charge in [-0.2, -0.15) is 18.3 Å². The number of rotatable bonds is 3. The molecule has 0 radical (unpaired) electrons. The first-order chi connectivity index (χ1) is 9.60. The van der Waals surface area contributed by atoms with Crippen LogP contribution in [0.15, 0.2) is 6.20 Å². The lowest BCUT2D eigenvalue weighted by molar-refractivity contribution is -0.146. The zero-order chi connectivity index (χ0) is 15.8. The molecule has 1 amide bonds. The molecule has 1 aromatic rings. The van der Waals surface area contributed by atoms with Crippen LogP contribution in [0.25, 0.3) is 0 Å². The molecular weight excluding hydrogens is 321 g/mol. The molecule has 1 aliphatic heterocycles. The summed E-state index contributed by atoms with van der Waals surface area (Å²) in [5.41, 5.74) is -2.29. The Bertz CT molecular complexity index is 532. The highest BCUT2D eigenvalue weighted by Crippen LogP contribution is 2.34. The van der Waals surface area contributed by atoms with E-state index in [4.69, 9.17) is 0 Å². The molecule has 1 aromatic heterocycles. The Hall–Kier alpha value is -1.28. The number of amides is 1. The Morgan fingerprint density at radius 1 is 1.41 bits per heavy atom. The minimum absolute atomic E-state index is 0. The molecule has 1 saturated heterocycles. The maximum absolute atomic E-state index is 13.3. The second kappa shape index (κ2) is 6.45. The molecule has 2 N–H and O–H groups in total. The second-order valence-corrected chi connectivity index (χ2v) is 6.22. The molecule has 22 heavy (non-hydrogen) atoms. The van der Waals surface area contributed by atoms with Crippen molar-refractivity contribution >= 4 is 18.3 Å². The number of nitrogens with one attached hydrogen (secondary N) is 2. The Morgan fingerprint density at radius 3 is 2.41 bits per heavy atom. The van der Waals surface area contributed by atoms with Crippen LogP contribution in [0.3, 0.4) is 0 Å². The number of hydrogen-bond acceptors (Lipinski definition) is 3. The summed E-state index contributed by atoms with van der Waals surface area (Å²) >= 11 is 0. The Morgan fingerprint density at radius 2 is 2.00 bits per heavy atom. The molecule has 2 heterocycles. The Kier molecular flexibility index (Phi) is 5.51. The monoisotopic (exact) mass is 340 g/mol. The average molecular weight is 341 g/mol. The van der Waals surface area contributed by atoms with Gasteiger partial charge in [-0.3, -0.25) is 9.48 Å². The Labute approximate surface area is 133 Å². The number of nitrogens with zero attached hydrogens (tertiary/aromatic N) is 2. The number of hydrogen-bond donors (Lipinski definition) is 2. The van der Waals surface area contributed by atoms with Gasteiger partial charge in [-0.1, -0.05) is 0 Å². The molecule has 1 aliphatic rings. The standard InChI is InChI=1S/C13H19F3N4O.ClH/c1-12(2,3)20-10(13(14,15)16)9(7-19-20)11(21)18-6-8-4-17-5-8;/h7-8,17H,4-6H2,1-3H3,(H,18,21);1H. The molecule has 0 aromatic carbocycles. The van der Waals surface area contributed by atoms with Crippen molar-refractivity contribution in [2.45, 2.75) is 32.5 Å². The third kappa shape index (κ3) is 3.92. The first-order valence-corrected chi connectivity index (χ1v) is 6.75. The van der Waals surface area contributed by atoms with Gasteiger partial charge in [-0.25, -0.2) is 0 Å². The SMILES string of the molecule is CC(C)(C)n1ncc(C(=O)NCC2CNC2)c1C(F)(F)F.Cl. The molecule has 0 bridgehead atoms. The lowest BCUT2D eigenvalue weighted by Gasteiger charge is -2.27. The van der Waals surface area contributed by atoms with Crippen LogP contribution < -0.4 is 10.6 Å². The minimum atomic E-state index is -4.63. The predicted molar refractivity (Wildman–Crippen MR) is 78.2 cm³/mol. The van der Waals surface area contributed by atoms with Crippen molar-refractivity contribution in [3.05, 3.63) is 17.5 Å². The first-order valence-electron chi connectivity index (χ1n) is 6.75. The third-order valence-corrected chi connectivity index (χ3v) is 3.34. The normalized spacial score (nSPS) is 15.9. The average Bonchev–Trinajstić information content (AvgIpc) is 2.69. The number of carbonyl (C=O) groups is 1. The summed E-state index contributed by atoms with van der Waals surface area (Å²) < 4.78 is 40.6. The van der Waals surface area contributed by atoms with Gasteiger partial charge >= 0.3 is 6.18 Å². The number of carbonyl (C=O) groups excluding carboxylic acids is 1. The van der Waals surface area contributed by atoms with E-state index in [1.165, 1.54) is 0 Å². The van der Waals surface area contributed by atoms with Crippen molar-refractivity contribution < 1.29 is 18.0 Å². The van der Waals surface area contributed by atoms with Gasteiger partial charge in [0.1, 0.15) is 0 Å². The number of halogens is 4. The van der Waals surface area contributed by atoms with E-state index >= 15 is 0 Å². The van der Waals surface area contributed by atoms with Crippen molar-refractivity contribution in [2.75, 3.05) is 19.6 Å². The van der Waals surface area contributed by atoms with E-state index in [1.54, 1.807) is 20.8 Å². The molecule has 0 atom stereocenters. The molecule has 0 spiro atoms. The van der Waals surface area contributed by atoms with Crippen molar-refractivity contribution in [3.63, 3.8) is 0 Å². The van der Waals surface area contributed by atoms with Gasteiger partial charge in [0.05, 0.1) is 17.3 Å². The number of alkyl halides is 3. The zero-order valence-electron chi connectivity index (χ0n) is 12.6. The first kappa shape index (κ1) is 18.8. The van der Waals surface area contributed by atoms with Gasteiger partial charge in [0.25, 0.3) is 5.91 Å². The summed E-state index contributed by atoms with van der Waals surface area (Å²) in [4.78, 5) is 12.0. The second-order valence-electron chi connectivity index (χ2n) is 6.22. The fourth-order valence-corrected chi connectivity index (χ4v) is 2.12. The van der Waals surface area contributed by atoms with Crippen molar-refractivity contribution in [3.8, 4) is 0 Å². The highest BCUT2D eigenvalue weighted by molar-refractivity contribution is 5.95. The van der Waals surface area contributed by atoms with Crippen molar-refractivity contribution in [1.82, 2.24) is 20.4 Å². The molecule has 0 saturated carbocycles. The van der Waals surface area contributed by atoms with Crippen LogP contribution >= 0.6 is 12.4 Å². The fourth-order valence-electron chi connectivity index (χ4n) is 2.12. The highest BCUT2D eigenvalue weighted by atomic mass is 35.5. The summed E-state index contributed by atoms with van der Waals surface area (Å²) in [5.74, 6) is -0.453. The van der Waals surface area contributed by atoms with Gasteiger partial charge in [-0.15, -0.1) is 12.4 Å². The molecule has 126 valence electrons. The third-order valence-electron chi connectivity index (χ3n) is 3.34.